The van der Waals surface area contributed by atoms with Gasteiger partial charge in [0.2, 0.25) is 0 Å². The number of halogens is 1. The van der Waals surface area contributed by atoms with E-state index in [0.29, 0.717) is 28.6 Å². The third kappa shape index (κ3) is 5.46. The van der Waals surface area contributed by atoms with Gasteiger partial charge in [0, 0.05) is 5.69 Å². The van der Waals surface area contributed by atoms with Crippen LogP contribution in [0, 0.1) is 25.2 Å². The smallest absolute Gasteiger partial charge is 0.266 e. The minimum Gasteiger partial charge on any atom is -0.487 e. The van der Waals surface area contributed by atoms with E-state index in [4.69, 9.17) is 16.3 Å². The van der Waals surface area contributed by atoms with Crippen molar-refractivity contribution in [3.63, 3.8) is 0 Å². The lowest BCUT2D eigenvalue weighted by Crippen LogP contribution is -2.13. The summed E-state index contributed by atoms with van der Waals surface area (Å²) < 4.78 is 5.91. The second-order valence-corrected chi connectivity index (χ2v) is 8.49. The van der Waals surface area contributed by atoms with E-state index < -0.39 is 5.91 Å². The first-order valence-corrected chi connectivity index (χ1v) is 11.2. The van der Waals surface area contributed by atoms with Gasteiger partial charge in [-0.3, -0.25) is 4.79 Å². The van der Waals surface area contributed by atoms with E-state index in [-0.39, 0.29) is 5.57 Å². The molecule has 1 amide bonds. The largest absolute Gasteiger partial charge is 0.487 e. The van der Waals surface area contributed by atoms with E-state index in [9.17, 15) is 10.1 Å². The number of carbonyl (C=O) groups excluding carboxylic acids is 1. The molecule has 0 aliphatic carbocycles. The number of benzene rings is 4. The Hall–Kier alpha value is -4.07. The lowest BCUT2D eigenvalue weighted by Gasteiger charge is -2.10. The zero-order valence-electron chi connectivity index (χ0n) is 18.9. The van der Waals surface area contributed by atoms with Gasteiger partial charge in [0.15, 0.2) is 0 Å². The molecule has 4 aromatic rings. The van der Waals surface area contributed by atoms with Gasteiger partial charge in [-0.15, -0.1) is 0 Å². The fourth-order valence-electron chi connectivity index (χ4n) is 3.55. The molecule has 0 saturated carbocycles. The van der Waals surface area contributed by atoms with Crippen LogP contribution in [0.2, 0.25) is 5.02 Å². The Labute approximate surface area is 204 Å². The van der Waals surface area contributed by atoms with Crippen molar-refractivity contribution in [1.82, 2.24) is 0 Å². The van der Waals surface area contributed by atoms with Crippen molar-refractivity contribution < 1.29 is 9.53 Å². The molecule has 4 nitrogen and oxygen atoms in total. The van der Waals surface area contributed by atoms with Gasteiger partial charge in [0.1, 0.15) is 24.0 Å². The molecular formula is C29H23ClN2O2. The highest BCUT2D eigenvalue weighted by Crippen LogP contribution is 2.28. The Balaban J connectivity index is 1.45. The van der Waals surface area contributed by atoms with Crippen LogP contribution in [0.1, 0.15) is 22.3 Å². The number of anilines is 1. The van der Waals surface area contributed by atoms with Crippen LogP contribution >= 0.6 is 11.6 Å². The number of amides is 1. The number of carbonyl (C=O) groups is 1. The third-order valence-corrected chi connectivity index (χ3v) is 5.90. The summed E-state index contributed by atoms with van der Waals surface area (Å²) in [6.45, 7) is 4.35. The van der Waals surface area contributed by atoms with E-state index in [2.05, 4.69) is 29.6 Å². The summed E-state index contributed by atoms with van der Waals surface area (Å²) in [5, 5.41) is 15.0. The summed E-state index contributed by atoms with van der Waals surface area (Å²) in [4.78, 5) is 12.6. The molecule has 1 N–H and O–H groups in total. The average molecular weight is 467 g/mol. The van der Waals surface area contributed by atoms with Gasteiger partial charge >= 0.3 is 0 Å². The molecule has 0 unspecified atom stereocenters. The monoisotopic (exact) mass is 466 g/mol. The zero-order valence-corrected chi connectivity index (χ0v) is 19.7. The minimum atomic E-state index is -0.474. The molecule has 34 heavy (non-hydrogen) atoms. The van der Waals surface area contributed by atoms with Crippen LogP contribution < -0.4 is 10.1 Å². The molecule has 5 heteroatoms. The van der Waals surface area contributed by atoms with Crippen LogP contribution in [0.5, 0.6) is 5.75 Å². The second kappa shape index (κ2) is 10.2. The van der Waals surface area contributed by atoms with Gasteiger partial charge in [0.25, 0.3) is 5.91 Å². The molecule has 0 heterocycles. The molecule has 0 aliphatic heterocycles. The number of aryl methyl sites for hydroxylation is 2. The van der Waals surface area contributed by atoms with Crippen LogP contribution in [0.4, 0.5) is 5.69 Å². The Kier molecular flexibility index (Phi) is 6.96. The van der Waals surface area contributed by atoms with Gasteiger partial charge in [-0.25, -0.2) is 0 Å². The first kappa shape index (κ1) is 23.1. The topological polar surface area (TPSA) is 62.1 Å². The first-order chi connectivity index (χ1) is 16.4. The van der Waals surface area contributed by atoms with Crippen molar-refractivity contribution in [3.8, 4) is 11.8 Å². The number of nitriles is 1. The summed E-state index contributed by atoms with van der Waals surface area (Å²) in [6.07, 6.45) is 1.51. The number of hydrogen-bond acceptors (Lipinski definition) is 3. The maximum atomic E-state index is 12.6. The summed E-state index contributed by atoms with van der Waals surface area (Å²) in [5.41, 5.74) is 4.49. The van der Waals surface area contributed by atoms with Gasteiger partial charge in [0.05, 0.1) is 5.02 Å². The number of fused-ring (bicyclic) bond motifs is 1. The molecule has 0 saturated heterocycles. The highest BCUT2D eigenvalue weighted by Gasteiger charge is 2.11. The minimum absolute atomic E-state index is 0.0147. The van der Waals surface area contributed by atoms with E-state index in [1.54, 1.807) is 18.2 Å². The van der Waals surface area contributed by atoms with E-state index in [1.807, 2.05) is 56.3 Å². The molecule has 0 spiro atoms. The Morgan fingerprint density at radius 2 is 1.76 bits per heavy atom. The van der Waals surface area contributed by atoms with Crippen molar-refractivity contribution in [2.24, 2.45) is 0 Å². The van der Waals surface area contributed by atoms with Crippen molar-refractivity contribution >= 4 is 40.0 Å². The van der Waals surface area contributed by atoms with E-state index >= 15 is 0 Å². The summed E-state index contributed by atoms with van der Waals surface area (Å²) in [5.74, 6) is 0.0589. The van der Waals surface area contributed by atoms with Crippen LogP contribution in [-0.2, 0) is 11.4 Å². The van der Waals surface area contributed by atoms with Crippen LogP contribution in [0.3, 0.4) is 0 Å². The Morgan fingerprint density at radius 3 is 2.50 bits per heavy atom. The highest BCUT2D eigenvalue weighted by molar-refractivity contribution is 6.32. The fourth-order valence-corrected chi connectivity index (χ4v) is 3.79. The van der Waals surface area contributed by atoms with Gasteiger partial charge < -0.3 is 10.1 Å². The lowest BCUT2D eigenvalue weighted by atomic mass is 10.1. The van der Waals surface area contributed by atoms with Crippen molar-refractivity contribution in [2.75, 3.05) is 5.32 Å². The highest BCUT2D eigenvalue weighted by atomic mass is 35.5. The van der Waals surface area contributed by atoms with Gasteiger partial charge in [-0.05, 0) is 83.3 Å². The van der Waals surface area contributed by atoms with Crippen LogP contribution in [0.15, 0.2) is 84.4 Å². The number of rotatable bonds is 6. The first-order valence-electron chi connectivity index (χ1n) is 10.8. The molecular weight excluding hydrogens is 444 g/mol. The average Bonchev–Trinajstić information content (AvgIpc) is 2.84. The number of hydrogen-bond donors (Lipinski definition) is 1. The van der Waals surface area contributed by atoms with E-state index in [0.717, 1.165) is 22.1 Å². The SMILES string of the molecule is Cc1ccc(NC(=O)/C(C#N)=C/c2ccc(OCc3ccc4ccccc4c3)c(Cl)c2)cc1C. The molecule has 4 rings (SSSR count). The molecule has 0 radical (unpaired) electrons. The van der Waals surface area contributed by atoms with Crippen molar-refractivity contribution in [1.29, 1.82) is 5.26 Å². The molecule has 168 valence electrons. The quantitative estimate of drug-likeness (QED) is 0.241. The standard InChI is InChI=1S/C29H23ClN2O2/c1-19-7-11-26(13-20(19)2)32-29(33)25(17-31)14-21-9-12-28(27(30)16-21)34-18-22-8-10-23-5-3-4-6-24(23)15-22/h3-16H,18H2,1-2H3,(H,32,33)/b25-14+. The predicted molar refractivity (Wildman–Crippen MR) is 138 cm³/mol. The number of nitrogens with zero attached hydrogens (tertiary/aromatic N) is 1. The maximum Gasteiger partial charge on any atom is 0.266 e. The zero-order chi connectivity index (χ0) is 24.1. The Morgan fingerprint density at radius 1 is 0.971 bits per heavy atom. The lowest BCUT2D eigenvalue weighted by molar-refractivity contribution is -0.112. The molecule has 0 aromatic heterocycles. The molecule has 0 aliphatic rings. The fraction of sp³-hybridized carbons (Fsp3) is 0.103. The predicted octanol–water partition coefficient (Wildman–Crippen LogP) is 7.23. The van der Waals surface area contributed by atoms with Crippen LogP contribution in [0.25, 0.3) is 16.8 Å². The summed E-state index contributed by atoms with van der Waals surface area (Å²) >= 11 is 6.42. The van der Waals surface area contributed by atoms with Gasteiger partial charge in [-0.2, -0.15) is 5.26 Å². The number of ether oxygens (including phenoxy) is 1. The molecule has 4 aromatic carbocycles. The normalized spacial score (nSPS) is 11.2. The summed E-state index contributed by atoms with van der Waals surface area (Å²) in [6, 6.07) is 27.1. The van der Waals surface area contributed by atoms with Crippen molar-refractivity contribution in [2.45, 2.75) is 20.5 Å². The maximum absolute atomic E-state index is 12.6. The number of nitrogens with one attached hydrogen (secondary N) is 1. The molecule has 0 atom stereocenters. The molecule has 0 fully saturated rings. The van der Waals surface area contributed by atoms with Crippen molar-refractivity contribution in [3.05, 3.63) is 112 Å². The van der Waals surface area contributed by atoms with Crippen LogP contribution in [-0.4, -0.2) is 5.91 Å². The molecule has 0 bridgehead atoms. The van der Waals surface area contributed by atoms with E-state index in [1.165, 1.54) is 11.5 Å². The third-order valence-electron chi connectivity index (χ3n) is 5.61. The second-order valence-electron chi connectivity index (χ2n) is 8.08. The summed E-state index contributed by atoms with van der Waals surface area (Å²) in [7, 11) is 0. The Bertz CT molecular complexity index is 1450. The van der Waals surface area contributed by atoms with Gasteiger partial charge in [-0.1, -0.05) is 60.1 Å².